The van der Waals surface area contributed by atoms with E-state index in [-0.39, 0.29) is 0 Å². The van der Waals surface area contributed by atoms with Gasteiger partial charge in [0.2, 0.25) is 5.95 Å². The van der Waals surface area contributed by atoms with E-state index in [1.165, 1.54) is 6.20 Å². The SMILES string of the molecule is Fc1nccc2c(NC3CCNCC3)cccc12. The Morgan fingerprint density at radius 1 is 1.17 bits per heavy atom. The van der Waals surface area contributed by atoms with E-state index in [9.17, 15) is 4.39 Å². The van der Waals surface area contributed by atoms with Crippen molar-refractivity contribution in [3.05, 3.63) is 36.4 Å². The zero-order valence-electron chi connectivity index (χ0n) is 10.1. The Balaban J connectivity index is 1.93. The van der Waals surface area contributed by atoms with Gasteiger partial charge >= 0.3 is 0 Å². The summed E-state index contributed by atoms with van der Waals surface area (Å²) in [7, 11) is 0. The van der Waals surface area contributed by atoms with Crippen molar-refractivity contribution < 1.29 is 4.39 Å². The van der Waals surface area contributed by atoms with Gasteiger partial charge in [-0.3, -0.25) is 0 Å². The number of hydrogen-bond acceptors (Lipinski definition) is 3. The van der Waals surface area contributed by atoms with Crippen molar-refractivity contribution >= 4 is 16.5 Å². The molecule has 2 N–H and O–H groups in total. The summed E-state index contributed by atoms with van der Waals surface area (Å²) in [4.78, 5) is 3.69. The van der Waals surface area contributed by atoms with Gasteiger partial charge in [0, 0.05) is 28.7 Å². The Labute approximate surface area is 105 Å². The number of piperidine rings is 1. The molecule has 1 aromatic carbocycles. The van der Waals surface area contributed by atoms with E-state index < -0.39 is 5.95 Å². The molecular weight excluding hydrogens is 229 g/mol. The average Bonchev–Trinajstić information content (AvgIpc) is 2.41. The smallest absolute Gasteiger partial charge is 0.220 e. The molecule has 0 aliphatic carbocycles. The highest BCUT2D eigenvalue weighted by atomic mass is 19.1. The van der Waals surface area contributed by atoms with E-state index in [1.807, 2.05) is 18.2 Å². The lowest BCUT2D eigenvalue weighted by Crippen LogP contribution is -2.35. The molecule has 2 heterocycles. The lowest BCUT2D eigenvalue weighted by Gasteiger charge is -2.25. The first-order chi connectivity index (χ1) is 8.84. The van der Waals surface area contributed by atoms with Gasteiger partial charge in [0.05, 0.1) is 0 Å². The van der Waals surface area contributed by atoms with Gasteiger partial charge in [-0.05, 0) is 44.1 Å². The molecule has 1 fully saturated rings. The third-order valence-corrected chi connectivity index (χ3v) is 3.46. The molecule has 1 aliphatic rings. The summed E-state index contributed by atoms with van der Waals surface area (Å²) in [6.07, 6.45) is 3.72. The standard InChI is InChI=1S/C14H16FN3/c15-14-12-2-1-3-13(11(12)6-9-17-14)18-10-4-7-16-8-5-10/h1-3,6,9-10,16,18H,4-5,7-8H2. The van der Waals surface area contributed by atoms with Gasteiger partial charge < -0.3 is 10.6 Å². The number of hydrogen-bond donors (Lipinski definition) is 2. The van der Waals surface area contributed by atoms with Crippen molar-refractivity contribution in [2.75, 3.05) is 18.4 Å². The minimum atomic E-state index is -0.401. The molecule has 2 aromatic rings. The van der Waals surface area contributed by atoms with Crippen molar-refractivity contribution in [3.63, 3.8) is 0 Å². The zero-order valence-corrected chi connectivity index (χ0v) is 10.1. The monoisotopic (exact) mass is 245 g/mol. The van der Waals surface area contributed by atoms with Crippen LogP contribution in [0, 0.1) is 5.95 Å². The van der Waals surface area contributed by atoms with Crippen LogP contribution >= 0.6 is 0 Å². The normalized spacial score (nSPS) is 16.9. The van der Waals surface area contributed by atoms with Crippen molar-refractivity contribution in [1.82, 2.24) is 10.3 Å². The van der Waals surface area contributed by atoms with Crippen LogP contribution in [0.15, 0.2) is 30.5 Å². The maximum atomic E-state index is 13.6. The molecule has 0 spiro atoms. The first kappa shape index (κ1) is 11.4. The minimum absolute atomic E-state index is 0.401. The van der Waals surface area contributed by atoms with Crippen molar-refractivity contribution in [2.45, 2.75) is 18.9 Å². The van der Waals surface area contributed by atoms with E-state index >= 15 is 0 Å². The Morgan fingerprint density at radius 3 is 2.83 bits per heavy atom. The first-order valence-corrected chi connectivity index (χ1v) is 6.35. The summed E-state index contributed by atoms with van der Waals surface area (Å²) in [5, 5.41) is 8.34. The van der Waals surface area contributed by atoms with E-state index in [4.69, 9.17) is 0 Å². The van der Waals surface area contributed by atoms with Gasteiger partial charge in [-0.15, -0.1) is 0 Å². The van der Waals surface area contributed by atoms with Crippen LogP contribution in [0.25, 0.3) is 10.8 Å². The van der Waals surface area contributed by atoms with Gasteiger partial charge in [-0.25, -0.2) is 4.98 Å². The second-order valence-corrected chi connectivity index (χ2v) is 4.67. The van der Waals surface area contributed by atoms with Gasteiger partial charge in [0.1, 0.15) is 0 Å². The molecule has 1 aliphatic heterocycles. The van der Waals surface area contributed by atoms with E-state index in [1.54, 1.807) is 6.07 Å². The summed E-state index contributed by atoms with van der Waals surface area (Å²) < 4.78 is 13.6. The fourth-order valence-electron chi connectivity index (χ4n) is 2.48. The molecule has 3 rings (SSSR count). The number of nitrogens with one attached hydrogen (secondary N) is 2. The summed E-state index contributed by atoms with van der Waals surface area (Å²) in [5.74, 6) is -0.401. The Morgan fingerprint density at radius 2 is 2.00 bits per heavy atom. The van der Waals surface area contributed by atoms with E-state index in [0.29, 0.717) is 11.4 Å². The van der Waals surface area contributed by atoms with Crippen LogP contribution in [0.4, 0.5) is 10.1 Å². The number of halogens is 1. The van der Waals surface area contributed by atoms with Gasteiger partial charge in [-0.1, -0.05) is 6.07 Å². The Hall–Kier alpha value is -1.68. The Kier molecular flexibility index (Phi) is 3.11. The van der Waals surface area contributed by atoms with Gasteiger partial charge in [0.25, 0.3) is 0 Å². The van der Waals surface area contributed by atoms with Gasteiger partial charge in [-0.2, -0.15) is 4.39 Å². The van der Waals surface area contributed by atoms with Crippen LogP contribution in [0.2, 0.25) is 0 Å². The quantitative estimate of drug-likeness (QED) is 0.798. The Bertz CT molecular complexity index is 550. The molecule has 3 nitrogen and oxygen atoms in total. The number of anilines is 1. The average molecular weight is 245 g/mol. The largest absolute Gasteiger partial charge is 0.382 e. The highest BCUT2D eigenvalue weighted by Gasteiger charge is 2.14. The fraction of sp³-hybridized carbons (Fsp3) is 0.357. The number of pyridine rings is 1. The lowest BCUT2D eigenvalue weighted by molar-refractivity contribution is 0.479. The molecular formula is C14H16FN3. The van der Waals surface area contributed by atoms with Crippen LogP contribution in [-0.2, 0) is 0 Å². The second-order valence-electron chi connectivity index (χ2n) is 4.67. The molecule has 0 saturated carbocycles. The highest BCUT2D eigenvalue weighted by Crippen LogP contribution is 2.25. The first-order valence-electron chi connectivity index (χ1n) is 6.35. The van der Waals surface area contributed by atoms with E-state index in [0.717, 1.165) is 37.0 Å². The predicted molar refractivity (Wildman–Crippen MR) is 71.2 cm³/mol. The third-order valence-electron chi connectivity index (χ3n) is 3.46. The molecule has 0 radical (unpaired) electrons. The molecule has 4 heteroatoms. The van der Waals surface area contributed by atoms with Crippen LogP contribution in [0.1, 0.15) is 12.8 Å². The van der Waals surface area contributed by atoms with Crippen LogP contribution in [0.3, 0.4) is 0 Å². The molecule has 1 saturated heterocycles. The molecule has 18 heavy (non-hydrogen) atoms. The number of fused-ring (bicyclic) bond motifs is 1. The van der Waals surface area contributed by atoms with Crippen LogP contribution < -0.4 is 10.6 Å². The lowest BCUT2D eigenvalue weighted by atomic mass is 10.0. The van der Waals surface area contributed by atoms with Crippen LogP contribution in [0.5, 0.6) is 0 Å². The molecule has 0 bridgehead atoms. The number of benzene rings is 1. The number of nitrogens with zero attached hydrogens (tertiary/aromatic N) is 1. The minimum Gasteiger partial charge on any atom is -0.382 e. The zero-order chi connectivity index (χ0) is 12.4. The molecule has 0 unspecified atom stereocenters. The molecule has 94 valence electrons. The number of rotatable bonds is 2. The second kappa shape index (κ2) is 4.90. The fourth-order valence-corrected chi connectivity index (χ4v) is 2.48. The van der Waals surface area contributed by atoms with Crippen LogP contribution in [-0.4, -0.2) is 24.1 Å². The summed E-state index contributed by atoms with van der Waals surface area (Å²) in [5.41, 5.74) is 1.00. The van der Waals surface area contributed by atoms with E-state index in [2.05, 4.69) is 15.6 Å². The topological polar surface area (TPSA) is 37.0 Å². The van der Waals surface area contributed by atoms with Crippen molar-refractivity contribution in [1.29, 1.82) is 0 Å². The molecule has 1 aromatic heterocycles. The summed E-state index contributed by atoms with van der Waals surface area (Å²) in [6, 6.07) is 7.97. The third kappa shape index (κ3) is 2.16. The van der Waals surface area contributed by atoms with Crippen molar-refractivity contribution in [3.8, 4) is 0 Å². The maximum absolute atomic E-state index is 13.6. The predicted octanol–water partition coefficient (Wildman–Crippen LogP) is 2.54. The number of aromatic nitrogens is 1. The molecule has 0 atom stereocenters. The summed E-state index contributed by atoms with van der Waals surface area (Å²) >= 11 is 0. The molecule has 0 amide bonds. The summed E-state index contributed by atoms with van der Waals surface area (Å²) in [6.45, 7) is 2.08. The maximum Gasteiger partial charge on any atom is 0.220 e. The highest BCUT2D eigenvalue weighted by molar-refractivity contribution is 5.93. The van der Waals surface area contributed by atoms with Gasteiger partial charge in [0.15, 0.2) is 0 Å². The van der Waals surface area contributed by atoms with Crippen molar-refractivity contribution in [2.24, 2.45) is 0 Å².